The first kappa shape index (κ1) is 22.7. The molecule has 0 saturated carbocycles. The van der Waals surface area contributed by atoms with Crippen LogP contribution < -0.4 is 0 Å². The minimum Gasteiger partial charge on any atom is -0.462 e. The van der Waals surface area contributed by atoms with Crippen LogP contribution in [-0.2, 0) is 28.5 Å². The Morgan fingerprint density at radius 1 is 1.15 bits per heavy atom. The van der Waals surface area contributed by atoms with Crippen molar-refractivity contribution < 1.29 is 49.0 Å². The minimum absolute atomic E-state index is 0.173. The molecule has 0 aromatic heterocycles. The van der Waals surface area contributed by atoms with Crippen molar-refractivity contribution >= 4 is 12.4 Å². The third-order valence-corrected chi connectivity index (χ3v) is 3.96. The number of aliphatic hydroxyl groups is 4. The van der Waals surface area contributed by atoms with Crippen LogP contribution in [0.3, 0.4) is 0 Å². The summed E-state index contributed by atoms with van der Waals surface area (Å²) in [4.78, 5) is 22.2. The Morgan fingerprint density at radius 3 is 2.50 bits per heavy atom. The molecule has 1 saturated heterocycles. The van der Waals surface area contributed by atoms with Crippen molar-refractivity contribution in [3.63, 3.8) is 0 Å². The van der Waals surface area contributed by atoms with E-state index >= 15 is 0 Å². The Kier molecular flexibility index (Phi) is 10.6. The molecule has 10 nitrogen and oxygen atoms in total. The number of ether oxygens (including phenoxy) is 4. The van der Waals surface area contributed by atoms with Gasteiger partial charge in [0, 0.05) is 6.42 Å². The summed E-state index contributed by atoms with van der Waals surface area (Å²) in [6.07, 6.45) is -5.21. The summed E-state index contributed by atoms with van der Waals surface area (Å²) in [5.41, 5.74) is 0. The third-order valence-electron chi connectivity index (χ3n) is 3.96. The molecule has 6 atom stereocenters. The van der Waals surface area contributed by atoms with E-state index in [0.29, 0.717) is 6.42 Å². The Hall–Kier alpha value is -1.30. The van der Waals surface area contributed by atoms with E-state index in [1.54, 1.807) is 0 Å². The lowest BCUT2D eigenvalue weighted by atomic mass is 9.99. The smallest absolute Gasteiger partial charge is 0.305 e. The molecule has 26 heavy (non-hydrogen) atoms. The molecule has 10 heteroatoms. The van der Waals surface area contributed by atoms with E-state index in [-0.39, 0.29) is 26.1 Å². The Morgan fingerprint density at radius 2 is 1.88 bits per heavy atom. The quantitative estimate of drug-likeness (QED) is 0.178. The first-order valence-electron chi connectivity index (χ1n) is 8.61. The van der Waals surface area contributed by atoms with Crippen molar-refractivity contribution in [2.75, 3.05) is 19.8 Å². The zero-order chi connectivity index (χ0) is 19.5. The lowest BCUT2D eigenvalue weighted by Crippen LogP contribution is -2.59. The van der Waals surface area contributed by atoms with Gasteiger partial charge in [0.2, 0.25) is 0 Å². The summed E-state index contributed by atoms with van der Waals surface area (Å²) in [6.45, 7) is 1.07. The Bertz CT molecular complexity index is 416. The lowest BCUT2D eigenvalue weighted by Gasteiger charge is -2.39. The summed E-state index contributed by atoms with van der Waals surface area (Å²) in [5, 5.41) is 38.4. The number of esters is 1. The number of aliphatic hydroxyl groups excluding tert-OH is 4. The van der Waals surface area contributed by atoms with E-state index in [4.69, 9.17) is 24.1 Å². The highest BCUT2D eigenvalue weighted by molar-refractivity contribution is 5.69. The molecule has 0 bridgehead atoms. The van der Waals surface area contributed by atoms with Crippen LogP contribution in [-0.4, -0.2) is 89.5 Å². The molecule has 0 aromatic rings. The minimum atomic E-state index is -1.58. The summed E-state index contributed by atoms with van der Waals surface area (Å²) in [5.74, 6) is -0.425. The zero-order valence-corrected chi connectivity index (χ0v) is 14.7. The summed E-state index contributed by atoms with van der Waals surface area (Å²) in [7, 11) is 0. The molecule has 0 radical (unpaired) electrons. The van der Waals surface area contributed by atoms with Gasteiger partial charge in [0.15, 0.2) is 12.4 Å². The molecule has 1 aliphatic rings. The summed E-state index contributed by atoms with van der Waals surface area (Å²) in [6, 6.07) is 0. The molecule has 1 rings (SSSR count). The number of rotatable bonds is 12. The molecule has 1 heterocycles. The first-order chi connectivity index (χ1) is 12.4. The van der Waals surface area contributed by atoms with E-state index < -0.39 is 49.4 Å². The molecule has 0 unspecified atom stereocenters. The molecule has 0 spiro atoms. The van der Waals surface area contributed by atoms with Gasteiger partial charge in [0.1, 0.15) is 31.0 Å². The van der Waals surface area contributed by atoms with Crippen molar-refractivity contribution in [3.05, 3.63) is 0 Å². The maximum atomic E-state index is 11.6. The van der Waals surface area contributed by atoms with Gasteiger partial charge in [-0.2, -0.15) is 0 Å². The van der Waals surface area contributed by atoms with Crippen LogP contribution >= 0.6 is 0 Å². The van der Waals surface area contributed by atoms with Gasteiger partial charge in [-0.3, -0.25) is 9.59 Å². The predicted octanol–water partition coefficient (Wildman–Crippen LogP) is -1.53. The molecular weight excluding hydrogens is 352 g/mol. The zero-order valence-electron chi connectivity index (χ0n) is 14.7. The fourth-order valence-corrected chi connectivity index (χ4v) is 2.39. The highest BCUT2D eigenvalue weighted by atomic mass is 16.7. The number of hydrogen-bond donors (Lipinski definition) is 4. The second kappa shape index (κ2) is 12.2. The number of hydrogen-bond acceptors (Lipinski definition) is 10. The van der Waals surface area contributed by atoms with Crippen LogP contribution in [0.4, 0.5) is 0 Å². The topological polar surface area (TPSA) is 152 Å². The lowest BCUT2D eigenvalue weighted by molar-refractivity contribution is -0.305. The van der Waals surface area contributed by atoms with Gasteiger partial charge < -0.3 is 39.4 Å². The molecule has 0 aromatic carbocycles. The van der Waals surface area contributed by atoms with Gasteiger partial charge >= 0.3 is 5.97 Å². The van der Waals surface area contributed by atoms with Crippen LogP contribution in [0.5, 0.6) is 0 Å². The Labute approximate surface area is 151 Å². The largest absolute Gasteiger partial charge is 0.462 e. The SMILES string of the molecule is CCCCCC(=O)OC[C@H](CO[C@@H]1O[C@H](CO)[C@H](O)[C@H](O)[C@H]1O)OC=O. The molecule has 1 fully saturated rings. The first-order valence-corrected chi connectivity index (χ1v) is 8.61. The normalized spacial score (nSPS) is 29.8. The monoisotopic (exact) mass is 380 g/mol. The van der Waals surface area contributed by atoms with E-state index in [2.05, 4.69) is 0 Å². The number of carbonyl (C=O) groups is 2. The fourth-order valence-electron chi connectivity index (χ4n) is 2.39. The average Bonchev–Trinajstić information content (AvgIpc) is 2.63. The van der Waals surface area contributed by atoms with Crippen molar-refractivity contribution in [1.29, 1.82) is 0 Å². The predicted molar refractivity (Wildman–Crippen MR) is 85.8 cm³/mol. The van der Waals surface area contributed by atoms with Gasteiger partial charge in [-0.05, 0) is 6.42 Å². The Balaban J connectivity index is 2.46. The maximum Gasteiger partial charge on any atom is 0.305 e. The van der Waals surface area contributed by atoms with Crippen molar-refractivity contribution in [2.45, 2.75) is 69.4 Å². The van der Waals surface area contributed by atoms with Crippen molar-refractivity contribution in [3.8, 4) is 0 Å². The van der Waals surface area contributed by atoms with Gasteiger partial charge in [-0.25, -0.2) is 0 Å². The van der Waals surface area contributed by atoms with E-state index in [9.17, 15) is 24.9 Å². The van der Waals surface area contributed by atoms with E-state index in [0.717, 1.165) is 12.8 Å². The molecule has 152 valence electrons. The molecular formula is C16H28O10. The van der Waals surface area contributed by atoms with Crippen LogP contribution in [0.1, 0.15) is 32.6 Å². The highest BCUT2D eigenvalue weighted by Crippen LogP contribution is 2.22. The van der Waals surface area contributed by atoms with Crippen LogP contribution in [0.2, 0.25) is 0 Å². The standard InChI is InChI=1S/C16H28O10/c1-2-3-4-5-12(19)23-7-10(25-9-18)8-24-16-15(22)14(21)13(20)11(6-17)26-16/h9-11,13-17,20-22H,2-8H2,1H3/t10-,11-,13+,14+,15-,16-/m1/s1. The number of unbranched alkanes of at least 4 members (excludes halogenated alkanes) is 2. The molecule has 4 N–H and O–H groups in total. The van der Waals surface area contributed by atoms with E-state index in [1.807, 2.05) is 6.92 Å². The second-order valence-electron chi connectivity index (χ2n) is 6.03. The van der Waals surface area contributed by atoms with Gasteiger partial charge in [0.25, 0.3) is 6.47 Å². The highest BCUT2D eigenvalue weighted by Gasteiger charge is 2.44. The van der Waals surface area contributed by atoms with Crippen LogP contribution in [0.25, 0.3) is 0 Å². The third kappa shape index (κ3) is 7.14. The van der Waals surface area contributed by atoms with Gasteiger partial charge in [0.05, 0.1) is 13.2 Å². The number of carbonyl (C=O) groups excluding carboxylic acids is 2. The van der Waals surface area contributed by atoms with Crippen LogP contribution in [0.15, 0.2) is 0 Å². The van der Waals surface area contributed by atoms with Crippen LogP contribution in [0, 0.1) is 0 Å². The van der Waals surface area contributed by atoms with Crippen molar-refractivity contribution in [1.82, 2.24) is 0 Å². The maximum absolute atomic E-state index is 11.6. The molecule has 0 amide bonds. The summed E-state index contributed by atoms with van der Waals surface area (Å²) < 4.78 is 20.2. The average molecular weight is 380 g/mol. The van der Waals surface area contributed by atoms with Crippen molar-refractivity contribution in [2.24, 2.45) is 0 Å². The summed E-state index contributed by atoms with van der Waals surface area (Å²) >= 11 is 0. The second-order valence-corrected chi connectivity index (χ2v) is 6.03. The van der Waals surface area contributed by atoms with Gasteiger partial charge in [-0.1, -0.05) is 19.8 Å². The molecule has 0 aliphatic carbocycles. The molecule has 1 aliphatic heterocycles. The van der Waals surface area contributed by atoms with E-state index in [1.165, 1.54) is 0 Å². The fraction of sp³-hybridized carbons (Fsp3) is 0.875. The van der Waals surface area contributed by atoms with Gasteiger partial charge in [-0.15, -0.1) is 0 Å².